The van der Waals surface area contributed by atoms with Crippen LogP contribution in [0.2, 0.25) is 0 Å². The summed E-state index contributed by atoms with van der Waals surface area (Å²) >= 11 is 7.39. The predicted octanol–water partition coefficient (Wildman–Crippen LogP) is 2.05. The Morgan fingerprint density at radius 3 is 2.77 bits per heavy atom. The summed E-state index contributed by atoms with van der Waals surface area (Å²) in [6.07, 6.45) is 2.55. The van der Waals surface area contributed by atoms with Gasteiger partial charge in [0.25, 0.3) is 0 Å². The number of rotatable bonds is 4. The fraction of sp³-hybridized carbons (Fsp3) is 0.750. The van der Waals surface area contributed by atoms with Gasteiger partial charge in [-0.1, -0.05) is 11.3 Å². The average Bonchev–Trinajstić information content (AvgIpc) is 2.85. The van der Waals surface area contributed by atoms with Crippen molar-refractivity contribution in [2.24, 2.45) is 0 Å². The summed E-state index contributed by atoms with van der Waals surface area (Å²) in [5, 5.41) is 10.2. The van der Waals surface area contributed by atoms with Crippen LogP contribution < -0.4 is 4.90 Å². The van der Waals surface area contributed by atoms with Crippen molar-refractivity contribution in [3.05, 3.63) is 5.01 Å². The number of nitrogens with zero attached hydrogens (tertiary/aromatic N) is 3. The summed E-state index contributed by atoms with van der Waals surface area (Å²) in [6.45, 7) is 2.87. The molecule has 0 amide bonds. The Morgan fingerprint density at radius 1 is 1.54 bits per heavy atom. The van der Waals surface area contributed by atoms with Crippen LogP contribution in [0.3, 0.4) is 0 Å². The molecule has 2 rings (SSSR count). The summed E-state index contributed by atoms with van der Waals surface area (Å²) in [7, 11) is 0. The first-order valence-electron chi connectivity index (χ1n) is 4.44. The number of aromatic nitrogens is 2. The van der Waals surface area contributed by atoms with Gasteiger partial charge in [-0.15, -0.1) is 21.8 Å². The molecule has 0 N–H and O–H groups in total. The Morgan fingerprint density at radius 2 is 2.31 bits per heavy atom. The van der Waals surface area contributed by atoms with E-state index in [2.05, 4.69) is 15.1 Å². The third kappa shape index (κ3) is 2.11. The quantitative estimate of drug-likeness (QED) is 0.723. The molecular weight excluding hydrogens is 206 g/mol. The molecule has 0 saturated heterocycles. The van der Waals surface area contributed by atoms with E-state index in [1.54, 1.807) is 11.3 Å². The van der Waals surface area contributed by atoms with Crippen LogP contribution in [0.1, 0.15) is 17.8 Å². The Labute approximate surface area is 86.7 Å². The molecule has 0 radical (unpaired) electrons. The highest BCUT2D eigenvalue weighted by Gasteiger charge is 2.30. The van der Waals surface area contributed by atoms with Gasteiger partial charge in [-0.3, -0.25) is 0 Å². The van der Waals surface area contributed by atoms with Crippen molar-refractivity contribution in [1.29, 1.82) is 0 Å². The molecule has 1 heterocycles. The zero-order chi connectivity index (χ0) is 9.26. The largest absolute Gasteiger partial charge is 0.342 e. The molecule has 0 aliphatic heterocycles. The number of hydrogen-bond acceptors (Lipinski definition) is 4. The van der Waals surface area contributed by atoms with E-state index in [1.165, 1.54) is 12.8 Å². The van der Waals surface area contributed by atoms with Gasteiger partial charge in [0, 0.05) is 18.5 Å². The zero-order valence-corrected chi connectivity index (χ0v) is 9.11. The number of anilines is 1. The standard InChI is InChI=1S/C8H12ClN3S/c1-6-10-11-8(13-6)12(5-4-9)7-2-3-7/h7H,2-5H2,1H3. The van der Waals surface area contributed by atoms with E-state index >= 15 is 0 Å². The van der Waals surface area contributed by atoms with E-state index in [4.69, 9.17) is 11.6 Å². The maximum atomic E-state index is 5.74. The van der Waals surface area contributed by atoms with E-state index < -0.39 is 0 Å². The summed E-state index contributed by atoms with van der Waals surface area (Å²) in [6, 6.07) is 0.672. The van der Waals surface area contributed by atoms with Crippen molar-refractivity contribution >= 4 is 28.1 Å². The molecule has 1 aromatic rings. The van der Waals surface area contributed by atoms with Crippen LogP contribution in [0.4, 0.5) is 5.13 Å². The molecule has 1 saturated carbocycles. The van der Waals surface area contributed by atoms with Crippen LogP contribution in [0, 0.1) is 6.92 Å². The second-order valence-electron chi connectivity index (χ2n) is 3.22. The topological polar surface area (TPSA) is 29.0 Å². The highest BCUT2D eigenvalue weighted by molar-refractivity contribution is 7.15. The molecule has 0 atom stereocenters. The number of aryl methyl sites for hydroxylation is 1. The summed E-state index contributed by atoms with van der Waals surface area (Å²) in [5.41, 5.74) is 0. The molecule has 3 nitrogen and oxygen atoms in total. The molecule has 72 valence electrons. The summed E-state index contributed by atoms with van der Waals surface area (Å²) < 4.78 is 0. The highest BCUT2D eigenvalue weighted by Crippen LogP contribution is 2.32. The number of halogens is 1. The predicted molar refractivity (Wildman–Crippen MR) is 55.7 cm³/mol. The minimum atomic E-state index is 0.662. The van der Waals surface area contributed by atoms with Gasteiger partial charge in [0.1, 0.15) is 5.01 Å². The van der Waals surface area contributed by atoms with Crippen LogP contribution in [0.25, 0.3) is 0 Å². The van der Waals surface area contributed by atoms with Crippen LogP contribution in [0.15, 0.2) is 0 Å². The molecule has 5 heteroatoms. The van der Waals surface area contributed by atoms with E-state index in [0.29, 0.717) is 11.9 Å². The highest BCUT2D eigenvalue weighted by atomic mass is 35.5. The number of alkyl halides is 1. The van der Waals surface area contributed by atoms with Crippen LogP contribution >= 0.6 is 22.9 Å². The normalized spacial score (nSPS) is 16.2. The van der Waals surface area contributed by atoms with Crippen molar-refractivity contribution in [3.63, 3.8) is 0 Å². The van der Waals surface area contributed by atoms with Crippen LogP contribution in [-0.2, 0) is 0 Å². The van der Waals surface area contributed by atoms with E-state index in [1.807, 2.05) is 6.92 Å². The molecule has 0 aromatic carbocycles. The third-order valence-electron chi connectivity index (χ3n) is 2.07. The van der Waals surface area contributed by atoms with Gasteiger partial charge in [-0.25, -0.2) is 0 Å². The average molecular weight is 218 g/mol. The van der Waals surface area contributed by atoms with Gasteiger partial charge >= 0.3 is 0 Å². The summed E-state index contributed by atoms with van der Waals surface area (Å²) in [4.78, 5) is 2.28. The SMILES string of the molecule is Cc1nnc(N(CCCl)C2CC2)s1. The van der Waals surface area contributed by atoms with E-state index in [-0.39, 0.29) is 0 Å². The summed E-state index contributed by atoms with van der Waals surface area (Å²) in [5.74, 6) is 0.662. The van der Waals surface area contributed by atoms with E-state index in [9.17, 15) is 0 Å². The minimum absolute atomic E-state index is 0.662. The maximum Gasteiger partial charge on any atom is 0.208 e. The molecule has 0 unspecified atom stereocenters. The molecule has 0 bridgehead atoms. The van der Waals surface area contributed by atoms with Gasteiger partial charge in [-0.05, 0) is 19.8 Å². The van der Waals surface area contributed by atoms with Crippen molar-refractivity contribution in [2.45, 2.75) is 25.8 Å². The van der Waals surface area contributed by atoms with Gasteiger partial charge in [0.2, 0.25) is 5.13 Å². The lowest BCUT2D eigenvalue weighted by Crippen LogP contribution is -2.27. The second kappa shape index (κ2) is 3.80. The lowest BCUT2D eigenvalue weighted by atomic mass is 10.5. The third-order valence-corrected chi connectivity index (χ3v) is 3.12. The molecule has 0 spiro atoms. The minimum Gasteiger partial charge on any atom is -0.342 e. The van der Waals surface area contributed by atoms with Gasteiger partial charge in [0.05, 0.1) is 0 Å². The van der Waals surface area contributed by atoms with Gasteiger partial charge < -0.3 is 4.90 Å². The Kier molecular flexibility index (Phi) is 2.69. The van der Waals surface area contributed by atoms with Crippen LogP contribution in [0.5, 0.6) is 0 Å². The van der Waals surface area contributed by atoms with E-state index in [0.717, 1.165) is 16.7 Å². The van der Waals surface area contributed by atoms with Crippen molar-refractivity contribution in [3.8, 4) is 0 Å². The Bertz CT molecular complexity index is 285. The molecule has 1 aromatic heterocycles. The fourth-order valence-electron chi connectivity index (χ4n) is 1.31. The smallest absolute Gasteiger partial charge is 0.208 e. The molecular formula is C8H12ClN3S. The number of hydrogen-bond donors (Lipinski definition) is 0. The maximum absolute atomic E-state index is 5.74. The lowest BCUT2D eigenvalue weighted by molar-refractivity contribution is 0.812. The van der Waals surface area contributed by atoms with Gasteiger partial charge in [0.15, 0.2) is 0 Å². The van der Waals surface area contributed by atoms with Gasteiger partial charge in [-0.2, -0.15) is 0 Å². The molecule has 1 aliphatic rings. The first-order valence-corrected chi connectivity index (χ1v) is 5.79. The molecule has 1 fully saturated rings. The zero-order valence-electron chi connectivity index (χ0n) is 7.53. The van der Waals surface area contributed by atoms with Crippen molar-refractivity contribution in [1.82, 2.24) is 10.2 Å². The first kappa shape index (κ1) is 9.21. The second-order valence-corrected chi connectivity index (χ2v) is 4.76. The molecule has 13 heavy (non-hydrogen) atoms. The van der Waals surface area contributed by atoms with Crippen molar-refractivity contribution in [2.75, 3.05) is 17.3 Å². The van der Waals surface area contributed by atoms with Crippen LogP contribution in [-0.4, -0.2) is 28.7 Å². The fourth-order valence-corrected chi connectivity index (χ4v) is 2.28. The molecule has 1 aliphatic carbocycles. The monoisotopic (exact) mass is 217 g/mol. The lowest BCUT2D eigenvalue weighted by Gasteiger charge is -2.18. The Balaban J connectivity index is 2.10. The first-order chi connectivity index (χ1) is 6.31. The Hall–Kier alpha value is -0.350. The van der Waals surface area contributed by atoms with Crippen molar-refractivity contribution < 1.29 is 0 Å².